The average Bonchev–Trinajstić information content (AvgIpc) is 2.90. The van der Waals surface area contributed by atoms with E-state index >= 15 is 0 Å². The zero-order chi connectivity index (χ0) is 28.7. The molecular formula is C30H37N3O5S. The number of carbonyl (C=O) groups is 2. The van der Waals surface area contributed by atoms with E-state index in [1.165, 1.54) is 24.1 Å². The Hall–Kier alpha value is -3.85. The van der Waals surface area contributed by atoms with Gasteiger partial charge in [0.15, 0.2) is 0 Å². The minimum absolute atomic E-state index is 0.0393. The second kappa shape index (κ2) is 12.8. The number of amides is 2. The molecule has 0 fully saturated rings. The Kier molecular flexibility index (Phi) is 9.75. The third kappa shape index (κ3) is 7.17. The summed E-state index contributed by atoms with van der Waals surface area (Å²) in [6.45, 7) is 8.72. The van der Waals surface area contributed by atoms with E-state index in [2.05, 4.69) is 5.32 Å². The Morgan fingerprint density at radius 1 is 0.923 bits per heavy atom. The number of aryl methyl sites for hydroxylation is 2. The summed E-state index contributed by atoms with van der Waals surface area (Å²) in [4.78, 5) is 28.5. The lowest BCUT2D eigenvalue weighted by Crippen LogP contribution is -2.52. The number of carbonyl (C=O) groups excluding carboxylic acids is 2. The van der Waals surface area contributed by atoms with Crippen molar-refractivity contribution in [2.24, 2.45) is 0 Å². The number of rotatable bonds is 11. The van der Waals surface area contributed by atoms with Crippen molar-refractivity contribution in [1.82, 2.24) is 10.2 Å². The highest BCUT2D eigenvalue weighted by atomic mass is 32.2. The van der Waals surface area contributed by atoms with E-state index in [1.54, 1.807) is 43.3 Å². The topological polar surface area (TPSA) is 96.0 Å². The predicted octanol–water partition coefficient (Wildman–Crippen LogP) is 4.45. The number of nitrogens with one attached hydrogen (secondary N) is 1. The van der Waals surface area contributed by atoms with Crippen LogP contribution in [0.5, 0.6) is 5.75 Å². The van der Waals surface area contributed by atoms with E-state index in [-0.39, 0.29) is 29.1 Å². The molecule has 39 heavy (non-hydrogen) atoms. The highest BCUT2D eigenvalue weighted by Gasteiger charge is 2.34. The number of hydrogen-bond acceptors (Lipinski definition) is 5. The van der Waals surface area contributed by atoms with Gasteiger partial charge < -0.3 is 15.0 Å². The minimum atomic E-state index is -4.17. The van der Waals surface area contributed by atoms with Crippen LogP contribution in [0.15, 0.2) is 77.7 Å². The molecule has 0 aliphatic heterocycles. The second-order valence-electron chi connectivity index (χ2n) is 9.79. The van der Waals surface area contributed by atoms with E-state index in [0.29, 0.717) is 5.75 Å². The van der Waals surface area contributed by atoms with Gasteiger partial charge in [0.25, 0.3) is 10.0 Å². The molecule has 0 saturated heterocycles. The number of hydrogen-bond donors (Lipinski definition) is 1. The van der Waals surface area contributed by atoms with Crippen molar-refractivity contribution in [3.05, 3.63) is 89.5 Å². The lowest BCUT2D eigenvalue weighted by Gasteiger charge is -2.33. The fourth-order valence-corrected chi connectivity index (χ4v) is 5.62. The van der Waals surface area contributed by atoms with Gasteiger partial charge in [-0.15, -0.1) is 0 Å². The predicted molar refractivity (Wildman–Crippen MR) is 153 cm³/mol. The number of benzene rings is 3. The molecular weight excluding hydrogens is 514 g/mol. The van der Waals surface area contributed by atoms with Gasteiger partial charge in [-0.25, -0.2) is 8.42 Å². The molecule has 208 valence electrons. The normalized spacial score (nSPS) is 12.1. The van der Waals surface area contributed by atoms with Gasteiger partial charge in [0.2, 0.25) is 11.8 Å². The van der Waals surface area contributed by atoms with Crippen LogP contribution in [-0.4, -0.2) is 50.9 Å². The van der Waals surface area contributed by atoms with Gasteiger partial charge in [-0.2, -0.15) is 0 Å². The van der Waals surface area contributed by atoms with Crippen molar-refractivity contribution in [2.45, 2.75) is 58.1 Å². The molecule has 1 unspecified atom stereocenters. The highest BCUT2D eigenvalue weighted by Crippen LogP contribution is 2.33. The standard InChI is InChI=1S/C30H37N3O5S/c1-21(2)31-30(35)24(5)32(19-25-13-11-10-12-23(25)4)29(34)20-33(27-18-22(3)16-17-28(27)38-6)39(36,37)26-14-8-7-9-15-26/h7-18,21,24H,19-20H2,1-6H3,(H,31,35). The first-order valence-corrected chi connectivity index (χ1v) is 14.3. The van der Waals surface area contributed by atoms with E-state index in [4.69, 9.17) is 4.74 Å². The highest BCUT2D eigenvalue weighted by molar-refractivity contribution is 7.92. The largest absolute Gasteiger partial charge is 0.495 e. The summed E-state index contributed by atoms with van der Waals surface area (Å²) in [5.74, 6) is -0.533. The monoisotopic (exact) mass is 551 g/mol. The van der Waals surface area contributed by atoms with Crippen molar-refractivity contribution >= 4 is 27.5 Å². The Balaban J connectivity index is 2.10. The van der Waals surface area contributed by atoms with Crippen LogP contribution in [0.1, 0.15) is 37.5 Å². The molecule has 1 atom stereocenters. The van der Waals surface area contributed by atoms with E-state index in [9.17, 15) is 18.0 Å². The summed E-state index contributed by atoms with van der Waals surface area (Å²) in [7, 11) is -2.72. The number of anilines is 1. The zero-order valence-electron chi connectivity index (χ0n) is 23.3. The molecule has 0 aliphatic rings. The molecule has 2 amide bonds. The molecule has 0 aromatic heterocycles. The van der Waals surface area contributed by atoms with Crippen molar-refractivity contribution in [1.29, 1.82) is 0 Å². The van der Waals surface area contributed by atoms with Gasteiger partial charge >= 0.3 is 0 Å². The van der Waals surface area contributed by atoms with Gasteiger partial charge in [0, 0.05) is 12.6 Å². The van der Waals surface area contributed by atoms with Crippen LogP contribution in [0, 0.1) is 13.8 Å². The summed E-state index contributed by atoms with van der Waals surface area (Å²) in [6, 6.07) is 19.7. The molecule has 0 spiro atoms. The molecule has 0 aliphatic carbocycles. The van der Waals surface area contributed by atoms with Crippen LogP contribution in [-0.2, 0) is 26.2 Å². The summed E-state index contributed by atoms with van der Waals surface area (Å²) in [6.07, 6.45) is 0. The number of methoxy groups -OCH3 is 1. The van der Waals surface area contributed by atoms with E-state index in [1.807, 2.05) is 52.0 Å². The van der Waals surface area contributed by atoms with Gasteiger partial charge in [0.05, 0.1) is 17.7 Å². The maximum atomic E-state index is 14.0. The third-order valence-corrected chi connectivity index (χ3v) is 8.19. The average molecular weight is 552 g/mol. The molecule has 9 heteroatoms. The summed E-state index contributed by atoms with van der Waals surface area (Å²) >= 11 is 0. The molecule has 1 N–H and O–H groups in total. The lowest BCUT2D eigenvalue weighted by molar-refractivity contribution is -0.139. The first-order chi connectivity index (χ1) is 18.4. The maximum Gasteiger partial charge on any atom is 0.264 e. The molecule has 0 saturated carbocycles. The molecule has 8 nitrogen and oxygen atoms in total. The smallest absolute Gasteiger partial charge is 0.264 e. The van der Waals surface area contributed by atoms with Crippen LogP contribution >= 0.6 is 0 Å². The fourth-order valence-electron chi connectivity index (χ4n) is 4.19. The third-order valence-electron chi connectivity index (χ3n) is 6.41. The molecule has 0 heterocycles. The molecule has 0 radical (unpaired) electrons. The number of nitrogens with zero attached hydrogens (tertiary/aromatic N) is 2. The van der Waals surface area contributed by atoms with E-state index in [0.717, 1.165) is 21.0 Å². The summed E-state index contributed by atoms with van der Waals surface area (Å²) in [5, 5.41) is 2.86. The van der Waals surface area contributed by atoms with Crippen molar-refractivity contribution in [3.8, 4) is 5.75 Å². The summed E-state index contributed by atoms with van der Waals surface area (Å²) < 4.78 is 34.5. The molecule has 3 aromatic carbocycles. The van der Waals surface area contributed by atoms with Crippen molar-refractivity contribution in [2.75, 3.05) is 18.0 Å². The molecule has 0 bridgehead atoms. The van der Waals surface area contributed by atoms with Crippen LogP contribution in [0.2, 0.25) is 0 Å². The zero-order valence-corrected chi connectivity index (χ0v) is 24.2. The quantitative estimate of drug-likeness (QED) is 0.380. The van der Waals surface area contributed by atoms with Crippen LogP contribution in [0.25, 0.3) is 0 Å². The first-order valence-electron chi connectivity index (χ1n) is 12.8. The van der Waals surface area contributed by atoms with Crippen molar-refractivity contribution < 1.29 is 22.7 Å². The van der Waals surface area contributed by atoms with E-state index < -0.39 is 28.5 Å². The van der Waals surface area contributed by atoms with Crippen LogP contribution in [0.3, 0.4) is 0 Å². The number of ether oxygens (including phenoxy) is 1. The lowest BCUT2D eigenvalue weighted by atomic mass is 10.1. The van der Waals surface area contributed by atoms with Gasteiger partial charge in [-0.1, -0.05) is 48.5 Å². The SMILES string of the molecule is COc1ccc(C)cc1N(CC(=O)N(Cc1ccccc1C)C(C)C(=O)NC(C)C)S(=O)(=O)c1ccccc1. The van der Waals surface area contributed by atoms with Crippen molar-refractivity contribution in [3.63, 3.8) is 0 Å². The molecule has 3 rings (SSSR count). The second-order valence-corrected chi connectivity index (χ2v) is 11.6. The Morgan fingerprint density at radius 3 is 2.18 bits per heavy atom. The Labute approximate surface area is 231 Å². The minimum Gasteiger partial charge on any atom is -0.495 e. The van der Waals surface area contributed by atoms with Gasteiger partial charge in [-0.3, -0.25) is 13.9 Å². The van der Waals surface area contributed by atoms with Crippen LogP contribution < -0.4 is 14.4 Å². The Morgan fingerprint density at radius 2 is 1.56 bits per heavy atom. The maximum absolute atomic E-state index is 14.0. The summed E-state index contributed by atoms with van der Waals surface area (Å²) in [5.41, 5.74) is 2.86. The van der Waals surface area contributed by atoms with Gasteiger partial charge in [-0.05, 0) is 75.6 Å². The molecule has 3 aromatic rings. The number of sulfonamides is 1. The fraction of sp³-hybridized carbons (Fsp3) is 0.333. The first kappa shape index (κ1) is 29.7. The Bertz CT molecular complexity index is 1410. The van der Waals surface area contributed by atoms with Crippen LogP contribution in [0.4, 0.5) is 5.69 Å². The van der Waals surface area contributed by atoms with Gasteiger partial charge in [0.1, 0.15) is 18.3 Å².